The van der Waals surface area contributed by atoms with Gasteiger partial charge < -0.3 is 9.97 Å². The van der Waals surface area contributed by atoms with E-state index in [0.717, 1.165) is 40.7 Å². The number of hydrogen-bond acceptors (Lipinski definition) is 2. The van der Waals surface area contributed by atoms with Crippen molar-refractivity contribution in [1.82, 2.24) is 9.97 Å². The van der Waals surface area contributed by atoms with E-state index < -0.39 is 0 Å². The fourth-order valence-corrected chi connectivity index (χ4v) is 5.74. The normalized spacial score (nSPS) is 10.3. The summed E-state index contributed by atoms with van der Waals surface area (Å²) in [5.74, 6) is 0. The fraction of sp³-hybridized carbons (Fsp3) is 0.136. The molecule has 2 nitrogen and oxygen atoms in total. The van der Waals surface area contributed by atoms with Crippen LogP contribution in [0.4, 0.5) is 0 Å². The van der Waals surface area contributed by atoms with Crippen molar-refractivity contribution in [3.63, 3.8) is 0 Å². The Bertz CT molecular complexity index is 2000. The van der Waals surface area contributed by atoms with Crippen LogP contribution in [0.3, 0.4) is 0 Å². The van der Waals surface area contributed by atoms with Crippen LogP contribution in [-0.4, -0.2) is 9.97 Å². The maximum absolute atomic E-state index is 4.62. The Balaban J connectivity index is 0.000000211. The van der Waals surface area contributed by atoms with Gasteiger partial charge in [0.25, 0.3) is 0 Å². The molecule has 48 heavy (non-hydrogen) atoms. The van der Waals surface area contributed by atoms with Gasteiger partial charge in [-0.15, -0.1) is 70.8 Å². The molecule has 0 spiro atoms. The summed E-state index contributed by atoms with van der Waals surface area (Å²) in [6.07, 6.45) is 8.32. The van der Waals surface area contributed by atoms with E-state index in [-0.39, 0.29) is 40.2 Å². The maximum Gasteiger partial charge on any atom is 0.0167 e. The zero-order chi connectivity index (χ0) is 31.6. The smallest absolute Gasteiger partial charge is 0.0167 e. The van der Waals surface area contributed by atoms with E-state index in [1.807, 2.05) is 42.7 Å². The Hall–Kier alpha value is -4.04. The Morgan fingerprint density at radius 3 is 1.65 bits per heavy atom. The quantitative estimate of drug-likeness (QED) is 0.142. The van der Waals surface area contributed by atoms with Crippen molar-refractivity contribution >= 4 is 10.8 Å². The standard InChI is InChI=1S/C24H20N.C20H18N.2Ir/c1-2-6-18-11-13-19(14-12-18)21-8-5-9-22(17-21)24-23-10-4-3-7-20(23)15-16-25-24;1-2-6-16-10-12-17(13-11-16)18-7-5-8-19(15-18)20-9-3-4-14-21-20;;/h3-5,7-8,10-17H,2,6H2,1H3;3-5,7,9-15H,2,6H2,1H3;;/q2*-1;;. The number of nitrogens with zero attached hydrogens (tertiary/aromatic N) is 2. The Morgan fingerprint density at radius 1 is 0.500 bits per heavy atom. The van der Waals surface area contributed by atoms with E-state index in [4.69, 9.17) is 0 Å². The van der Waals surface area contributed by atoms with E-state index in [2.05, 4.69) is 139 Å². The Kier molecular flexibility index (Phi) is 14.2. The van der Waals surface area contributed by atoms with Gasteiger partial charge in [0, 0.05) is 52.6 Å². The number of rotatable bonds is 8. The third-order valence-corrected chi connectivity index (χ3v) is 8.12. The van der Waals surface area contributed by atoms with Crippen LogP contribution in [0.1, 0.15) is 37.8 Å². The Labute approximate surface area is 312 Å². The first-order valence-electron chi connectivity index (χ1n) is 16.2. The van der Waals surface area contributed by atoms with Crippen LogP contribution in [0.2, 0.25) is 0 Å². The van der Waals surface area contributed by atoms with Crippen molar-refractivity contribution in [3.05, 3.63) is 169 Å². The minimum atomic E-state index is 0. The first kappa shape index (κ1) is 36.8. The zero-order valence-corrected chi connectivity index (χ0v) is 32.0. The molecule has 2 heterocycles. The molecule has 5 aromatic carbocycles. The molecule has 0 aliphatic carbocycles. The molecule has 0 unspecified atom stereocenters. The van der Waals surface area contributed by atoms with E-state index in [0.29, 0.717) is 0 Å². The summed E-state index contributed by atoms with van der Waals surface area (Å²) in [6, 6.07) is 53.2. The molecule has 0 saturated carbocycles. The molecular weight excluding hydrogens is 941 g/mol. The van der Waals surface area contributed by atoms with Crippen LogP contribution in [0, 0.1) is 12.1 Å². The zero-order valence-electron chi connectivity index (χ0n) is 27.2. The van der Waals surface area contributed by atoms with Gasteiger partial charge in [-0.2, -0.15) is 0 Å². The second-order valence-corrected chi connectivity index (χ2v) is 11.5. The fourth-order valence-electron chi connectivity index (χ4n) is 5.74. The monoisotopic (exact) mass is 980 g/mol. The molecule has 7 aromatic rings. The number of hydrogen-bond donors (Lipinski definition) is 0. The molecule has 0 bridgehead atoms. The van der Waals surface area contributed by atoms with Gasteiger partial charge in [0.2, 0.25) is 0 Å². The first-order chi connectivity index (χ1) is 22.7. The van der Waals surface area contributed by atoms with Crippen molar-refractivity contribution in [2.45, 2.75) is 39.5 Å². The summed E-state index contributed by atoms with van der Waals surface area (Å²) in [5.41, 5.74) is 11.7. The van der Waals surface area contributed by atoms with Crippen LogP contribution in [0.25, 0.3) is 55.5 Å². The summed E-state index contributed by atoms with van der Waals surface area (Å²) in [4.78, 5) is 9.01. The predicted molar refractivity (Wildman–Crippen MR) is 193 cm³/mol. The van der Waals surface area contributed by atoms with Crippen LogP contribution >= 0.6 is 0 Å². The Morgan fingerprint density at radius 2 is 1.06 bits per heavy atom. The molecule has 0 N–H and O–H groups in total. The summed E-state index contributed by atoms with van der Waals surface area (Å²) in [5, 5.41) is 2.37. The van der Waals surface area contributed by atoms with Gasteiger partial charge in [0.15, 0.2) is 0 Å². The van der Waals surface area contributed by atoms with Gasteiger partial charge in [-0.1, -0.05) is 112 Å². The average molecular weight is 979 g/mol. The summed E-state index contributed by atoms with van der Waals surface area (Å²) in [7, 11) is 0. The van der Waals surface area contributed by atoms with Gasteiger partial charge in [-0.25, -0.2) is 0 Å². The molecule has 2 aromatic heterocycles. The van der Waals surface area contributed by atoms with Crippen molar-refractivity contribution in [2.75, 3.05) is 0 Å². The molecule has 7 rings (SSSR count). The van der Waals surface area contributed by atoms with E-state index in [1.165, 1.54) is 51.6 Å². The van der Waals surface area contributed by atoms with Gasteiger partial charge >= 0.3 is 0 Å². The summed E-state index contributed by atoms with van der Waals surface area (Å²) >= 11 is 0. The average Bonchev–Trinajstić information content (AvgIpc) is 3.13. The van der Waals surface area contributed by atoms with Gasteiger partial charge in [0.05, 0.1) is 0 Å². The topological polar surface area (TPSA) is 25.8 Å². The molecule has 0 amide bonds. The predicted octanol–water partition coefficient (Wildman–Crippen LogP) is 11.5. The summed E-state index contributed by atoms with van der Waals surface area (Å²) in [6.45, 7) is 4.42. The molecule has 0 saturated heterocycles. The number of benzene rings is 5. The number of fused-ring (bicyclic) bond motifs is 1. The van der Waals surface area contributed by atoms with Gasteiger partial charge in [0.1, 0.15) is 0 Å². The molecule has 0 aliphatic heterocycles. The molecular formula is C44H38Ir2N2-2. The molecule has 244 valence electrons. The van der Waals surface area contributed by atoms with Crippen molar-refractivity contribution < 1.29 is 40.2 Å². The van der Waals surface area contributed by atoms with Crippen LogP contribution in [0.15, 0.2) is 146 Å². The largest absolute Gasteiger partial charge is 0.305 e. The first-order valence-corrected chi connectivity index (χ1v) is 16.2. The third-order valence-electron chi connectivity index (χ3n) is 8.12. The van der Waals surface area contributed by atoms with E-state index >= 15 is 0 Å². The minimum absolute atomic E-state index is 0. The molecule has 0 aliphatic rings. The summed E-state index contributed by atoms with van der Waals surface area (Å²) < 4.78 is 0. The van der Waals surface area contributed by atoms with Crippen molar-refractivity contribution in [3.8, 4) is 44.8 Å². The third kappa shape index (κ3) is 9.31. The van der Waals surface area contributed by atoms with Crippen molar-refractivity contribution in [1.29, 1.82) is 0 Å². The number of pyridine rings is 2. The second kappa shape index (κ2) is 18.5. The van der Waals surface area contributed by atoms with Crippen molar-refractivity contribution in [2.24, 2.45) is 0 Å². The van der Waals surface area contributed by atoms with Gasteiger partial charge in [-0.3, -0.25) is 0 Å². The second-order valence-electron chi connectivity index (χ2n) is 11.5. The van der Waals surface area contributed by atoms with E-state index in [1.54, 1.807) is 0 Å². The van der Waals surface area contributed by atoms with Gasteiger partial charge in [-0.05, 0) is 69.4 Å². The van der Waals surface area contributed by atoms with Crippen LogP contribution < -0.4 is 0 Å². The SMILES string of the molecule is CCCc1ccc(-c2cc[c-]c(-c3ccccn3)c2)cc1.CCCc1ccc(-c2cc[c-]c(-c3nccc4ccccc34)c2)cc1.[Ir].[Ir]. The number of aromatic nitrogens is 2. The molecule has 0 atom stereocenters. The molecule has 0 fully saturated rings. The maximum atomic E-state index is 4.62. The number of aryl methyl sites for hydroxylation is 2. The molecule has 4 heteroatoms. The van der Waals surface area contributed by atoms with E-state index in [9.17, 15) is 0 Å². The molecule has 2 radical (unpaired) electrons. The minimum Gasteiger partial charge on any atom is -0.305 e. The van der Waals surface area contributed by atoms with Crippen LogP contribution in [-0.2, 0) is 53.1 Å². The van der Waals surface area contributed by atoms with Crippen LogP contribution in [0.5, 0.6) is 0 Å².